The molecule has 0 unspecified atom stereocenters. The molecule has 4 atom stereocenters. The summed E-state index contributed by atoms with van der Waals surface area (Å²) in [6.07, 6.45) is -2.43. The molecule has 0 bridgehead atoms. The van der Waals surface area contributed by atoms with Crippen LogP contribution in [0.2, 0.25) is 0 Å². The highest BCUT2D eigenvalue weighted by atomic mass is 19.3. The summed E-state index contributed by atoms with van der Waals surface area (Å²) in [5.41, 5.74) is -0.335. The van der Waals surface area contributed by atoms with Crippen molar-refractivity contribution >= 4 is 0 Å². The van der Waals surface area contributed by atoms with Crippen molar-refractivity contribution in [2.45, 2.75) is 63.3 Å². The average Bonchev–Trinajstić information content (AvgIpc) is 2.91. The summed E-state index contributed by atoms with van der Waals surface area (Å²) in [5, 5.41) is 9.44. The molecule has 140 valence electrons. The maximum Gasteiger partial charge on any atom is 0.289 e. The van der Waals surface area contributed by atoms with Crippen molar-refractivity contribution in [1.82, 2.24) is 4.98 Å². The smallest absolute Gasteiger partial charge is 0.289 e. The number of halogens is 2. The molecule has 2 fully saturated rings. The number of aliphatic hydroxyl groups excluding tert-OH is 1. The quantitative estimate of drug-likeness (QED) is 0.870. The Balaban J connectivity index is 1.78. The van der Waals surface area contributed by atoms with E-state index in [9.17, 15) is 13.9 Å². The summed E-state index contributed by atoms with van der Waals surface area (Å²) in [6.45, 7) is 4.86. The van der Waals surface area contributed by atoms with Gasteiger partial charge in [0.1, 0.15) is 24.0 Å². The van der Waals surface area contributed by atoms with Crippen LogP contribution in [0.5, 0.6) is 5.88 Å². The zero-order chi connectivity index (χ0) is 18.2. The second-order valence-electron chi connectivity index (χ2n) is 6.69. The van der Waals surface area contributed by atoms with Crippen LogP contribution in [-0.4, -0.2) is 53.5 Å². The predicted molar refractivity (Wildman–Crippen MR) is 83.5 cm³/mol. The van der Waals surface area contributed by atoms with E-state index in [0.29, 0.717) is 0 Å². The highest BCUT2D eigenvalue weighted by Crippen LogP contribution is 2.37. The Bertz CT molecular complexity index is 612. The number of fused-ring (bicyclic) bond motifs is 1. The maximum absolute atomic E-state index is 13.8. The number of hydrogen-bond acceptors (Lipinski definition) is 6. The van der Waals surface area contributed by atoms with Gasteiger partial charge in [-0.2, -0.15) is 8.78 Å². The van der Waals surface area contributed by atoms with E-state index in [1.165, 1.54) is 25.1 Å². The van der Waals surface area contributed by atoms with E-state index in [1.807, 2.05) is 0 Å². The lowest BCUT2D eigenvalue weighted by Gasteiger charge is -2.35. The number of aliphatic hydroxyl groups is 1. The van der Waals surface area contributed by atoms with Gasteiger partial charge in [0.2, 0.25) is 5.88 Å². The molecule has 1 N–H and O–H groups in total. The van der Waals surface area contributed by atoms with Crippen LogP contribution in [0.25, 0.3) is 0 Å². The van der Waals surface area contributed by atoms with Crippen LogP contribution in [0.4, 0.5) is 8.78 Å². The highest BCUT2D eigenvalue weighted by molar-refractivity contribution is 5.19. The van der Waals surface area contributed by atoms with Crippen molar-refractivity contribution < 1.29 is 32.8 Å². The Morgan fingerprint density at radius 1 is 1.32 bits per heavy atom. The third kappa shape index (κ3) is 3.76. The molecule has 3 heterocycles. The monoisotopic (exact) mass is 359 g/mol. The van der Waals surface area contributed by atoms with Crippen molar-refractivity contribution in [3.63, 3.8) is 0 Å². The van der Waals surface area contributed by atoms with Gasteiger partial charge >= 0.3 is 0 Å². The third-order valence-electron chi connectivity index (χ3n) is 4.37. The molecule has 0 amide bonds. The van der Waals surface area contributed by atoms with Gasteiger partial charge in [-0.05, 0) is 19.9 Å². The van der Waals surface area contributed by atoms with Crippen LogP contribution >= 0.6 is 0 Å². The van der Waals surface area contributed by atoms with Crippen molar-refractivity contribution in [2.75, 3.05) is 13.2 Å². The third-order valence-corrected chi connectivity index (χ3v) is 4.37. The van der Waals surface area contributed by atoms with Crippen LogP contribution in [-0.2, 0) is 20.1 Å². The lowest BCUT2D eigenvalue weighted by atomic mass is 10.0. The Kier molecular flexibility index (Phi) is 4.98. The van der Waals surface area contributed by atoms with E-state index in [1.54, 1.807) is 13.8 Å². The molecule has 0 radical (unpaired) electrons. The van der Waals surface area contributed by atoms with E-state index in [2.05, 4.69) is 4.98 Å². The summed E-state index contributed by atoms with van der Waals surface area (Å²) in [4.78, 5) is 3.93. The molecule has 0 spiro atoms. The molecule has 6 nitrogen and oxygen atoms in total. The molecule has 25 heavy (non-hydrogen) atoms. The number of aromatic nitrogens is 1. The zero-order valence-electron chi connectivity index (χ0n) is 14.4. The van der Waals surface area contributed by atoms with Gasteiger partial charge in [-0.3, -0.25) is 0 Å². The van der Waals surface area contributed by atoms with Crippen molar-refractivity contribution in [2.24, 2.45) is 0 Å². The molecule has 2 aliphatic heterocycles. The fraction of sp³-hybridized carbons (Fsp3) is 0.706. The van der Waals surface area contributed by atoms with Gasteiger partial charge in [0.15, 0.2) is 11.9 Å². The lowest BCUT2D eigenvalue weighted by molar-refractivity contribution is -0.158. The minimum atomic E-state index is -3.01. The summed E-state index contributed by atoms with van der Waals surface area (Å²) >= 11 is 0. The molecular formula is C17H23F2NO5. The SMILES string of the molecule is CCC(F)(F)c1cccc(O[C@H]2CO[C@H](CO)[C@@H]3OC(C)(C)O[C@@H]32)n1. The van der Waals surface area contributed by atoms with Crippen molar-refractivity contribution in [3.8, 4) is 5.88 Å². The standard InChI is InChI=1S/C17H23F2NO5/c1-4-17(18,19)12-6-5-7-13(20-12)23-11-9-22-10(8-21)14-15(11)25-16(2,3)24-14/h5-7,10-11,14-15,21H,4,8-9H2,1-3H3/t10-,11+,14+,15-/m1/s1. The topological polar surface area (TPSA) is 70.0 Å². The average molecular weight is 359 g/mol. The molecular weight excluding hydrogens is 336 g/mol. The van der Waals surface area contributed by atoms with Gasteiger partial charge in [0.05, 0.1) is 13.2 Å². The van der Waals surface area contributed by atoms with Crippen LogP contribution in [0.15, 0.2) is 18.2 Å². The number of hydrogen-bond donors (Lipinski definition) is 1. The van der Waals surface area contributed by atoms with Gasteiger partial charge < -0.3 is 24.1 Å². The van der Waals surface area contributed by atoms with Gasteiger partial charge in [-0.25, -0.2) is 4.98 Å². The Morgan fingerprint density at radius 2 is 2.04 bits per heavy atom. The molecule has 0 saturated carbocycles. The molecule has 3 rings (SSSR count). The first-order valence-electron chi connectivity index (χ1n) is 8.36. The van der Waals surface area contributed by atoms with Crippen LogP contribution < -0.4 is 4.74 Å². The Hall–Kier alpha value is -1.35. The van der Waals surface area contributed by atoms with Crippen LogP contribution in [0.3, 0.4) is 0 Å². The fourth-order valence-corrected chi connectivity index (χ4v) is 3.08. The molecule has 8 heteroatoms. The van der Waals surface area contributed by atoms with Crippen molar-refractivity contribution in [1.29, 1.82) is 0 Å². The predicted octanol–water partition coefficient (Wildman–Crippen LogP) is 2.24. The summed E-state index contributed by atoms with van der Waals surface area (Å²) in [6, 6.07) is 4.27. The highest BCUT2D eigenvalue weighted by Gasteiger charge is 2.52. The largest absolute Gasteiger partial charge is 0.469 e. The Morgan fingerprint density at radius 3 is 2.72 bits per heavy atom. The first-order valence-corrected chi connectivity index (χ1v) is 8.36. The fourth-order valence-electron chi connectivity index (χ4n) is 3.08. The molecule has 1 aromatic rings. The van der Waals surface area contributed by atoms with E-state index >= 15 is 0 Å². The summed E-state index contributed by atoms with van der Waals surface area (Å²) in [5.74, 6) is -3.78. The zero-order valence-corrected chi connectivity index (χ0v) is 14.4. The Labute approximate surface area is 145 Å². The molecule has 2 saturated heterocycles. The second kappa shape index (κ2) is 6.75. The second-order valence-corrected chi connectivity index (χ2v) is 6.69. The van der Waals surface area contributed by atoms with Gasteiger partial charge in [-0.15, -0.1) is 0 Å². The number of alkyl halides is 2. The van der Waals surface area contributed by atoms with Crippen molar-refractivity contribution in [3.05, 3.63) is 23.9 Å². The number of rotatable bonds is 5. The molecule has 1 aromatic heterocycles. The molecule has 2 aliphatic rings. The number of pyridine rings is 1. The summed E-state index contributed by atoms with van der Waals surface area (Å²) < 4.78 is 50.7. The minimum absolute atomic E-state index is 0.0775. The number of ether oxygens (including phenoxy) is 4. The van der Waals surface area contributed by atoms with Crippen LogP contribution in [0, 0.1) is 0 Å². The number of nitrogens with zero attached hydrogens (tertiary/aromatic N) is 1. The summed E-state index contributed by atoms with van der Waals surface area (Å²) in [7, 11) is 0. The van der Waals surface area contributed by atoms with E-state index < -0.39 is 36.1 Å². The lowest BCUT2D eigenvalue weighted by Crippen LogP contribution is -2.54. The molecule has 0 aliphatic carbocycles. The normalized spacial score (nSPS) is 31.6. The van der Waals surface area contributed by atoms with Crippen LogP contribution in [0.1, 0.15) is 32.9 Å². The van der Waals surface area contributed by atoms with Gasteiger partial charge in [-0.1, -0.05) is 13.0 Å². The van der Waals surface area contributed by atoms with E-state index in [0.717, 1.165) is 0 Å². The van der Waals surface area contributed by atoms with E-state index in [-0.39, 0.29) is 31.2 Å². The first kappa shape index (κ1) is 18.4. The van der Waals surface area contributed by atoms with E-state index in [4.69, 9.17) is 18.9 Å². The van der Waals surface area contributed by atoms with Gasteiger partial charge in [0, 0.05) is 12.5 Å². The minimum Gasteiger partial charge on any atom is -0.469 e. The molecule has 0 aromatic carbocycles. The van der Waals surface area contributed by atoms with Gasteiger partial charge in [0.25, 0.3) is 5.92 Å². The first-order chi connectivity index (χ1) is 11.8. The maximum atomic E-state index is 13.8.